The molecule has 0 aliphatic rings. The summed E-state index contributed by atoms with van der Waals surface area (Å²) in [5.74, 6) is -0.407. The first-order valence-corrected chi connectivity index (χ1v) is 16.0. The summed E-state index contributed by atoms with van der Waals surface area (Å²) < 4.78 is 49.1. The second-order valence-corrected chi connectivity index (χ2v) is 14.6. The number of carbonyl (C=O) groups is 1. The largest absolute Gasteiger partial charge is 0.460 e. The average molecular weight is 553 g/mol. The van der Waals surface area contributed by atoms with Crippen LogP contribution < -0.4 is 0 Å². The molecule has 0 bridgehead atoms. The molecule has 0 heterocycles. The van der Waals surface area contributed by atoms with Crippen molar-refractivity contribution in [2.75, 3.05) is 106 Å². The third-order valence-electron chi connectivity index (χ3n) is 5.54. The van der Waals surface area contributed by atoms with Crippen LogP contribution >= 0.6 is 0 Å². The SMILES string of the molecule is C=C(C)C(=O)OCCOCCOCCOCCOCCOCCOCCOCCO[Si](C)(C)C(C)(C)C. The Balaban J connectivity index is 3.19. The molecule has 37 heavy (non-hydrogen) atoms. The highest BCUT2D eigenvalue weighted by Gasteiger charge is 2.36. The van der Waals surface area contributed by atoms with Gasteiger partial charge < -0.3 is 42.3 Å². The summed E-state index contributed by atoms with van der Waals surface area (Å²) in [6.07, 6.45) is 0. The van der Waals surface area contributed by atoms with Crippen molar-refractivity contribution in [1.29, 1.82) is 0 Å². The number of hydrogen-bond acceptors (Lipinski definition) is 10. The van der Waals surface area contributed by atoms with Crippen molar-refractivity contribution in [3.05, 3.63) is 12.2 Å². The third kappa shape index (κ3) is 22.8. The van der Waals surface area contributed by atoms with E-state index in [0.717, 1.165) is 0 Å². The molecule has 0 aromatic carbocycles. The molecule has 0 N–H and O–H groups in total. The van der Waals surface area contributed by atoms with Crippen LogP contribution in [-0.2, 0) is 47.1 Å². The zero-order valence-corrected chi connectivity index (χ0v) is 25.1. The summed E-state index contributed by atoms with van der Waals surface area (Å²) >= 11 is 0. The van der Waals surface area contributed by atoms with Gasteiger partial charge in [0.05, 0.1) is 99.1 Å². The number of carbonyl (C=O) groups excluding carboxylic acids is 1. The normalized spacial score (nSPS) is 12.2. The van der Waals surface area contributed by atoms with Crippen LogP contribution in [0.15, 0.2) is 12.2 Å². The van der Waals surface area contributed by atoms with Gasteiger partial charge in [-0.05, 0) is 25.1 Å². The summed E-state index contributed by atoms with van der Waals surface area (Å²) in [6.45, 7) is 24.1. The lowest BCUT2D eigenvalue weighted by atomic mass is 10.2. The van der Waals surface area contributed by atoms with Crippen LogP contribution in [0, 0.1) is 0 Å². The fourth-order valence-electron chi connectivity index (χ4n) is 2.31. The number of hydrogen-bond donors (Lipinski definition) is 0. The average Bonchev–Trinajstić information content (AvgIpc) is 2.83. The molecule has 0 fully saturated rings. The molecule has 0 amide bonds. The van der Waals surface area contributed by atoms with Crippen molar-refractivity contribution in [2.45, 2.75) is 45.8 Å². The molecular weight excluding hydrogens is 500 g/mol. The van der Waals surface area contributed by atoms with E-state index >= 15 is 0 Å². The Labute approximate surface area is 225 Å². The van der Waals surface area contributed by atoms with Crippen LogP contribution in [0.25, 0.3) is 0 Å². The number of esters is 1. The first kappa shape index (κ1) is 36.1. The Hall–Kier alpha value is -0.893. The minimum atomic E-state index is -1.69. The first-order valence-electron chi connectivity index (χ1n) is 13.1. The van der Waals surface area contributed by atoms with E-state index in [2.05, 4.69) is 40.4 Å². The minimum Gasteiger partial charge on any atom is -0.460 e. The van der Waals surface area contributed by atoms with E-state index in [1.807, 2.05) is 0 Å². The van der Waals surface area contributed by atoms with E-state index in [-0.39, 0.29) is 11.6 Å². The molecule has 0 aliphatic carbocycles. The summed E-state index contributed by atoms with van der Waals surface area (Å²) in [7, 11) is -1.69. The predicted octanol–water partition coefficient (Wildman–Crippen LogP) is 3.24. The second kappa shape index (κ2) is 23.0. The molecule has 0 aromatic rings. The zero-order chi connectivity index (χ0) is 27.8. The van der Waals surface area contributed by atoms with Gasteiger partial charge in [0, 0.05) is 5.57 Å². The topological polar surface area (TPSA) is 100 Å². The Morgan fingerprint density at radius 3 is 1.11 bits per heavy atom. The zero-order valence-electron chi connectivity index (χ0n) is 24.1. The molecule has 0 atom stereocenters. The highest BCUT2D eigenvalue weighted by Crippen LogP contribution is 2.36. The van der Waals surface area contributed by atoms with Crippen molar-refractivity contribution in [1.82, 2.24) is 0 Å². The first-order chi connectivity index (χ1) is 17.6. The molecule has 0 aromatic heterocycles. The van der Waals surface area contributed by atoms with Gasteiger partial charge in [0.1, 0.15) is 6.61 Å². The van der Waals surface area contributed by atoms with Gasteiger partial charge in [0.2, 0.25) is 0 Å². The molecule has 0 aliphatic heterocycles. The van der Waals surface area contributed by atoms with Gasteiger partial charge in [-0.3, -0.25) is 0 Å². The molecular formula is C26H52O10Si. The lowest BCUT2D eigenvalue weighted by Gasteiger charge is -2.36. The van der Waals surface area contributed by atoms with E-state index in [9.17, 15) is 4.79 Å². The Kier molecular flexibility index (Phi) is 22.5. The van der Waals surface area contributed by atoms with E-state index in [4.69, 9.17) is 42.3 Å². The van der Waals surface area contributed by atoms with Gasteiger partial charge in [0.25, 0.3) is 0 Å². The van der Waals surface area contributed by atoms with Crippen molar-refractivity contribution < 1.29 is 47.1 Å². The Bertz CT molecular complexity index is 566. The van der Waals surface area contributed by atoms with E-state index in [0.29, 0.717) is 105 Å². The lowest BCUT2D eigenvalue weighted by Crippen LogP contribution is -2.41. The Morgan fingerprint density at radius 1 is 0.568 bits per heavy atom. The predicted molar refractivity (Wildman–Crippen MR) is 145 cm³/mol. The van der Waals surface area contributed by atoms with Crippen molar-refractivity contribution >= 4 is 14.3 Å². The van der Waals surface area contributed by atoms with E-state index in [1.54, 1.807) is 6.92 Å². The van der Waals surface area contributed by atoms with Gasteiger partial charge >= 0.3 is 5.97 Å². The van der Waals surface area contributed by atoms with Crippen molar-refractivity contribution in [3.63, 3.8) is 0 Å². The number of rotatable bonds is 26. The summed E-state index contributed by atoms with van der Waals surface area (Å²) in [6, 6.07) is 0. The molecule has 0 radical (unpaired) electrons. The third-order valence-corrected chi connectivity index (χ3v) is 10.1. The quantitative estimate of drug-likeness (QED) is 0.0688. The minimum absolute atomic E-state index is 0.206. The smallest absolute Gasteiger partial charge is 0.333 e. The van der Waals surface area contributed by atoms with Crippen LogP contribution in [0.4, 0.5) is 0 Å². The molecule has 220 valence electrons. The molecule has 10 nitrogen and oxygen atoms in total. The fourth-order valence-corrected chi connectivity index (χ4v) is 3.34. The van der Waals surface area contributed by atoms with Gasteiger partial charge in [-0.2, -0.15) is 0 Å². The molecule has 0 spiro atoms. The molecule has 0 saturated carbocycles. The molecule has 0 unspecified atom stereocenters. The lowest BCUT2D eigenvalue weighted by molar-refractivity contribution is -0.140. The second-order valence-electron chi connectivity index (χ2n) is 9.81. The van der Waals surface area contributed by atoms with Gasteiger partial charge in [0.15, 0.2) is 8.32 Å². The van der Waals surface area contributed by atoms with Crippen LogP contribution in [-0.4, -0.2) is 120 Å². The maximum atomic E-state index is 11.2. The highest BCUT2D eigenvalue weighted by atomic mass is 28.4. The fraction of sp³-hybridized carbons (Fsp3) is 0.885. The van der Waals surface area contributed by atoms with Gasteiger partial charge in [-0.15, -0.1) is 0 Å². The maximum absolute atomic E-state index is 11.2. The van der Waals surface area contributed by atoms with Crippen molar-refractivity contribution in [3.8, 4) is 0 Å². The Morgan fingerprint density at radius 2 is 0.838 bits per heavy atom. The number of ether oxygens (including phenoxy) is 8. The van der Waals surface area contributed by atoms with Crippen LogP contribution in [0.3, 0.4) is 0 Å². The maximum Gasteiger partial charge on any atom is 0.333 e. The summed E-state index contributed by atoms with van der Waals surface area (Å²) in [5, 5.41) is 0.217. The standard InChI is InChI=1S/C26H52O10Si/c1-24(2)25(27)35-22-20-33-18-16-31-14-12-29-10-8-28-9-11-30-13-15-32-17-19-34-21-23-36-37(6,7)26(3,4)5/h1,8-23H2,2-7H3. The molecule has 11 heteroatoms. The van der Waals surface area contributed by atoms with Gasteiger partial charge in [-0.25, -0.2) is 4.79 Å². The highest BCUT2D eigenvalue weighted by molar-refractivity contribution is 6.74. The van der Waals surface area contributed by atoms with Crippen LogP contribution in [0.5, 0.6) is 0 Å². The molecule has 0 rings (SSSR count). The van der Waals surface area contributed by atoms with Crippen molar-refractivity contribution in [2.24, 2.45) is 0 Å². The van der Waals surface area contributed by atoms with E-state index in [1.165, 1.54) is 0 Å². The van der Waals surface area contributed by atoms with E-state index < -0.39 is 14.3 Å². The van der Waals surface area contributed by atoms with Gasteiger partial charge in [-0.1, -0.05) is 27.4 Å². The van der Waals surface area contributed by atoms with Crippen LogP contribution in [0.2, 0.25) is 18.1 Å². The molecule has 0 saturated heterocycles. The summed E-state index contributed by atoms with van der Waals surface area (Å²) in [5.41, 5.74) is 0.375. The monoisotopic (exact) mass is 552 g/mol. The van der Waals surface area contributed by atoms with Crippen LogP contribution in [0.1, 0.15) is 27.7 Å². The summed E-state index contributed by atoms with van der Waals surface area (Å²) in [4.78, 5) is 11.2.